The second kappa shape index (κ2) is 12.0. The number of nitrogens with one attached hydrogen (secondary N) is 2. The summed E-state index contributed by atoms with van der Waals surface area (Å²) in [5.74, 6) is 0.617. The number of carbonyl (C=O) groups is 2. The molecule has 1 atom stereocenters. The van der Waals surface area contributed by atoms with E-state index in [1.165, 1.54) is 30.3 Å². The Hall–Kier alpha value is -3.04. The van der Waals surface area contributed by atoms with Crippen LogP contribution >= 0.6 is 0 Å². The lowest BCUT2D eigenvalue weighted by Crippen LogP contribution is -2.50. The molecule has 0 radical (unpaired) electrons. The highest BCUT2D eigenvalue weighted by molar-refractivity contribution is 5.92. The van der Waals surface area contributed by atoms with Gasteiger partial charge < -0.3 is 15.5 Å². The third-order valence-corrected chi connectivity index (χ3v) is 8.03. The SMILES string of the molecule is CC(=O)N1CCC(Nc2cc(C(=O)NCC(CN3CCc4ccccc4C3)N3CCCC3)ncn2)CC1. The smallest absolute Gasteiger partial charge is 0.270 e. The van der Waals surface area contributed by atoms with Crippen LogP contribution in [0.5, 0.6) is 0 Å². The van der Waals surface area contributed by atoms with Gasteiger partial charge in [-0.25, -0.2) is 9.97 Å². The maximum Gasteiger partial charge on any atom is 0.270 e. The first-order valence-electron chi connectivity index (χ1n) is 13.7. The van der Waals surface area contributed by atoms with Crippen molar-refractivity contribution in [2.75, 3.05) is 51.1 Å². The minimum atomic E-state index is -0.162. The Bertz CT molecular complexity index is 1080. The second-order valence-corrected chi connectivity index (χ2v) is 10.6. The summed E-state index contributed by atoms with van der Waals surface area (Å²) in [6, 6.07) is 11.0. The van der Waals surface area contributed by atoms with E-state index in [4.69, 9.17) is 0 Å². The Morgan fingerprint density at radius 1 is 1.03 bits per heavy atom. The largest absolute Gasteiger partial charge is 0.367 e. The molecule has 2 saturated heterocycles. The summed E-state index contributed by atoms with van der Waals surface area (Å²) < 4.78 is 0. The molecule has 198 valence electrons. The first kappa shape index (κ1) is 25.6. The molecule has 1 aromatic carbocycles. The van der Waals surface area contributed by atoms with Crippen LogP contribution in [0.15, 0.2) is 36.7 Å². The maximum atomic E-state index is 13.1. The molecule has 0 aliphatic carbocycles. The number of likely N-dealkylation sites (tertiary alicyclic amines) is 2. The molecule has 0 spiro atoms. The first-order chi connectivity index (χ1) is 18.0. The van der Waals surface area contributed by atoms with Crippen LogP contribution in [0.25, 0.3) is 0 Å². The predicted molar refractivity (Wildman–Crippen MR) is 143 cm³/mol. The van der Waals surface area contributed by atoms with E-state index in [1.807, 2.05) is 4.90 Å². The Morgan fingerprint density at radius 2 is 1.78 bits per heavy atom. The average molecular weight is 506 g/mol. The van der Waals surface area contributed by atoms with Gasteiger partial charge in [0.15, 0.2) is 0 Å². The Kier molecular flexibility index (Phi) is 8.31. The van der Waals surface area contributed by atoms with Crippen LogP contribution in [0.1, 0.15) is 54.2 Å². The number of hydrogen-bond acceptors (Lipinski definition) is 7. The highest BCUT2D eigenvalue weighted by Crippen LogP contribution is 2.21. The van der Waals surface area contributed by atoms with Gasteiger partial charge in [0.05, 0.1) is 0 Å². The molecule has 0 saturated carbocycles. The zero-order chi connectivity index (χ0) is 25.6. The van der Waals surface area contributed by atoms with Crippen LogP contribution in [-0.2, 0) is 17.8 Å². The number of carbonyl (C=O) groups excluding carboxylic acids is 2. The van der Waals surface area contributed by atoms with E-state index < -0.39 is 0 Å². The lowest BCUT2D eigenvalue weighted by Gasteiger charge is -2.35. The van der Waals surface area contributed by atoms with Crippen molar-refractivity contribution < 1.29 is 9.59 Å². The third kappa shape index (κ3) is 6.64. The minimum Gasteiger partial charge on any atom is -0.367 e. The zero-order valence-electron chi connectivity index (χ0n) is 21.9. The van der Waals surface area contributed by atoms with Gasteiger partial charge in [0.25, 0.3) is 5.91 Å². The molecule has 9 heteroatoms. The molecule has 2 N–H and O–H groups in total. The molecule has 5 rings (SSSR count). The van der Waals surface area contributed by atoms with E-state index >= 15 is 0 Å². The Balaban J connectivity index is 1.16. The van der Waals surface area contributed by atoms with E-state index in [0.717, 1.165) is 65.1 Å². The number of fused-ring (bicyclic) bond motifs is 1. The number of amides is 2. The summed E-state index contributed by atoms with van der Waals surface area (Å²) in [6.07, 6.45) is 6.71. The molecule has 4 heterocycles. The van der Waals surface area contributed by atoms with Crippen molar-refractivity contribution in [2.45, 2.75) is 57.7 Å². The summed E-state index contributed by atoms with van der Waals surface area (Å²) in [4.78, 5) is 40.1. The number of aromatic nitrogens is 2. The van der Waals surface area contributed by atoms with Crippen LogP contribution in [0.4, 0.5) is 5.82 Å². The van der Waals surface area contributed by atoms with Gasteiger partial charge in [-0.15, -0.1) is 0 Å². The highest BCUT2D eigenvalue weighted by Gasteiger charge is 2.27. The van der Waals surface area contributed by atoms with Crippen molar-refractivity contribution in [2.24, 2.45) is 0 Å². The minimum absolute atomic E-state index is 0.122. The van der Waals surface area contributed by atoms with E-state index in [1.54, 1.807) is 13.0 Å². The lowest BCUT2D eigenvalue weighted by molar-refractivity contribution is -0.129. The Morgan fingerprint density at radius 3 is 2.54 bits per heavy atom. The number of benzene rings is 1. The van der Waals surface area contributed by atoms with Crippen LogP contribution < -0.4 is 10.6 Å². The van der Waals surface area contributed by atoms with Crippen molar-refractivity contribution >= 4 is 17.6 Å². The average Bonchev–Trinajstić information content (AvgIpc) is 3.46. The molecule has 1 aromatic heterocycles. The van der Waals surface area contributed by atoms with E-state index in [-0.39, 0.29) is 23.9 Å². The first-order valence-corrected chi connectivity index (χ1v) is 13.7. The summed E-state index contributed by atoms with van der Waals surface area (Å²) in [5.41, 5.74) is 3.26. The van der Waals surface area contributed by atoms with Crippen LogP contribution in [0, 0.1) is 0 Å². The molecule has 1 unspecified atom stereocenters. The van der Waals surface area contributed by atoms with Gasteiger partial charge in [-0.1, -0.05) is 24.3 Å². The Labute approximate surface area is 219 Å². The van der Waals surface area contributed by atoms with Crippen LogP contribution in [0.2, 0.25) is 0 Å². The van der Waals surface area contributed by atoms with Crippen molar-refractivity contribution in [3.05, 3.63) is 53.5 Å². The molecule has 3 aliphatic rings. The van der Waals surface area contributed by atoms with Crippen LogP contribution in [0.3, 0.4) is 0 Å². The van der Waals surface area contributed by atoms with E-state index in [0.29, 0.717) is 18.1 Å². The van der Waals surface area contributed by atoms with Crippen LogP contribution in [-0.4, -0.2) is 94.4 Å². The standard InChI is InChI=1S/C28H39N7O2/c1-21(36)34-14-9-24(10-15-34)32-27-16-26(30-20-31-27)28(37)29-17-25(35-11-4-5-12-35)19-33-13-8-22-6-2-3-7-23(22)18-33/h2-3,6-7,16,20,24-25H,4-5,8-15,17-19H2,1H3,(H,29,37)(H,30,31,32). The molecular weight excluding hydrogens is 466 g/mol. The van der Waals surface area contributed by atoms with Crippen molar-refractivity contribution in [3.8, 4) is 0 Å². The summed E-state index contributed by atoms with van der Waals surface area (Å²) in [6.45, 7) is 8.87. The van der Waals surface area contributed by atoms with Gasteiger partial charge in [-0.2, -0.15) is 0 Å². The maximum absolute atomic E-state index is 13.1. The molecular formula is C28H39N7O2. The molecule has 2 amide bonds. The molecule has 2 aromatic rings. The number of piperidine rings is 1. The number of nitrogens with zero attached hydrogens (tertiary/aromatic N) is 5. The fraction of sp³-hybridized carbons (Fsp3) is 0.571. The summed E-state index contributed by atoms with van der Waals surface area (Å²) in [5, 5.41) is 6.59. The number of rotatable bonds is 8. The monoisotopic (exact) mass is 505 g/mol. The second-order valence-electron chi connectivity index (χ2n) is 10.6. The third-order valence-electron chi connectivity index (χ3n) is 8.03. The summed E-state index contributed by atoms with van der Waals surface area (Å²) in [7, 11) is 0. The molecule has 0 bridgehead atoms. The van der Waals surface area contributed by atoms with Gasteiger partial charge in [0, 0.05) is 64.3 Å². The quantitative estimate of drug-likeness (QED) is 0.568. The number of anilines is 1. The van der Waals surface area contributed by atoms with E-state index in [9.17, 15) is 9.59 Å². The molecule has 9 nitrogen and oxygen atoms in total. The van der Waals surface area contributed by atoms with E-state index in [2.05, 4.69) is 54.7 Å². The topological polar surface area (TPSA) is 93.7 Å². The molecule has 3 aliphatic heterocycles. The van der Waals surface area contributed by atoms with Crippen molar-refractivity contribution in [1.29, 1.82) is 0 Å². The van der Waals surface area contributed by atoms with Crippen molar-refractivity contribution in [3.63, 3.8) is 0 Å². The molecule has 2 fully saturated rings. The predicted octanol–water partition coefficient (Wildman–Crippen LogP) is 2.15. The van der Waals surface area contributed by atoms with Gasteiger partial charge in [-0.05, 0) is 56.3 Å². The van der Waals surface area contributed by atoms with Gasteiger partial charge in [-0.3, -0.25) is 19.4 Å². The lowest BCUT2D eigenvalue weighted by atomic mass is 9.99. The normalized spacial score (nSPS) is 19.9. The molecule has 37 heavy (non-hydrogen) atoms. The van der Waals surface area contributed by atoms with Gasteiger partial charge in [0.2, 0.25) is 5.91 Å². The zero-order valence-corrected chi connectivity index (χ0v) is 21.9. The highest BCUT2D eigenvalue weighted by atomic mass is 16.2. The van der Waals surface area contributed by atoms with Gasteiger partial charge >= 0.3 is 0 Å². The number of hydrogen-bond donors (Lipinski definition) is 2. The fourth-order valence-corrected chi connectivity index (χ4v) is 5.83. The summed E-state index contributed by atoms with van der Waals surface area (Å²) >= 11 is 0. The van der Waals surface area contributed by atoms with Gasteiger partial charge in [0.1, 0.15) is 17.8 Å². The van der Waals surface area contributed by atoms with Crippen molar-refractivity contribution in [1.82, 2.24) is 30.0 Å². The fourth-order valence-electron chi connectivity index (χ4n) is 5.83.